The van der Waals surface area contributed by atoms with Crippen LogP contribution in [0.4, 0.5) is 0 Å². The van der Waals surface area contributed by atoms with Gasteiger partial charge in [-0.3, -0.25) is 4.68 Å². The molecule has 0 fully saturated rings. The monoisotopic (exact) mass is 343 g/mol. The minimum absolute atomic E-state index is 0.792. The Morgan fingerprint density at radius 3 is 2.62 bits per heavy atom. The first kappa shape index (κ1) is 14.3. The zero-order chi connectivity index (χ0) is 14.7. The summed E-state index contributed by atoms with van der Waals surface area (Å²) in [5.41, 5.74) is 3.55. The van der Waals surface area contributed by atoms with Gasteiger partial charge in [0.2, 0.25) is 0 Å². The molecule has 0 spiro atoms. The average molecular weight is 344 g/mol. The van der Waals surface area contributed by atoms with Crippen LogP contribution in [0.25, 0.3) is 10.9 Å². The van der Waals surface area contributed by atoms with Gasteiger partial charge < -0.3 is 5.32 Å². The van der Waals surface area contributed by atoms with Crippen LogP contribution in [0.5, 0.6) is 0 Å². The largest absolute Gasteiger partial charge is 0.311 e. The number of hydrogen-bond donors (Lipinski definition) is 1. The summed E-state index contributed by atoms with van der Waals surface area (Å²) < 4.78 is 3.19. The first-order chi connectivity index (χ1) is 10.3. The van der Waals surface area contributed by atoms with Crippen molar-refractivity contribution in [3.8, 4) is 0 Å². The molecule has 0 atom stereocenters. The van der Waals surface area contributed by atoms with E-state index in [1.54, 1.807) is 0 Å². The van der Waals surface area contributed by atoms with Crippen LogP contribution >= 0.6 is 15.9 Å². The predicted octanol–water partition coefficient (Wildman–Crippen LogP) is 3.96. The van der Waals surface area contributed by atoms with Crippen molar-refractivity contribution in [3.63, 3.8) is 0 Å². The molecule has 0 aliphatic rings. The fourth-order valence-corrected chi connectivity index (χ4v) is 2.72. The van der Waals surface area contributed by atoms with E-state index < -0.39 is 0 Å². The number of nitrogens with one attached hydrogen (secondary N) is 1. The van der Waals surface area contributed by atoms with Crippen LogP contribution in [0.3, 0.4) is 0 Å². The number of para-hydroxylation sites is 1. The molecular weight excluding hydrogens is 326 g/mol. The highest BCUT2D eigenvalue weighted by Gasteiger charge is 2.09. The van der Waals surface area contributed by atoms with E-state index in [0.29, 0.717) is 0 Å². The van der Waals surface area contributed by atoms with Crippen LogP contribution in [-0.4, -0.2) is 16.3 Å². The summed E-state index contributed by atoms with van der Waals surface area (Å²) in [6.45, 7) is 4.67. The van der Waals surface area contributed by atoms with Gasteiger partial charge in [-0.2, -0.15) is 5.10 Å². The van der Waals surface area contributed by atoms with Crippen molar-refractivity contribution in [2.24, 2.45) is 0 Å². The van der Waals surface area contributed by atoms with E-state index in [1.165, 1.54) is 16.5 Å². The van der Waals surface area contributed by atoms with Crippen molar-refractivity contribution >= 4 is 26.8 Å². The minimum atomic E-state index is 0.792. The molecule has 4 heteroatoms. The van der Waals surface area contributed by atoms with Gasteiger partial charge in [0.1, 0.15) is 0 Å². The Morgan fingerprint density at radius 2 is 1.86 bits per heavy atom. The van der Waals surface area contributed by atoms with Crippen molar-refractivity contribution in [2.75, 3.05) is 6.54 Å². The maximum absolute atomic E-state index is 4.79. The quantitative estimate of drug-likeness (QED) is 0.759. The lowest BCUT2D eigenvalue weighted by Gasteiger charge is -2.04. The summed E-state index contributed by atoms with van der Waals surface area (Å²) in [5, 5.41) is 9.38. The Morgan fingerprint density at radius 1 is 1.10 bits per heavy atom. The Balaban J connectivity index is 1.96. The fraction of sp³-hybridized carbons (Fsp3) is 0.235. The summed E-state index contributed by atoms with van der Waals surface area (Å²) in [5.74, 6) is 0. The second kappa shape index (κ2) is 6.41. The molecule has 2 aromatic carbocycles. The molecule has 3 nitrogen and oxygen atoms in total. The van der Waals surface area contributed by atoms with E-state index in [9.17, 15) is 0 Å². The van der Waals surface area contributed by atoms with Crippen LogP contribution in [0.1, 0.15) is 18.2 Å². The van der Waals surface area contributed by atoms with Gasteiger partial charge in [-0.1, -0.05) is 53.2 Å². The topological polar surface area (TPSA) is 29.9 Å². The minimum Gasteiger partial charge on any atom is -0.311 e. The summed E-state index contributed by atoms with van der Waals surface area (Å²) in [6, 6.07) is 16.8. The second-order valence-corrected chi connectivity index (χ2v) is 5.94. The van der Waals surface area contributed by atoms with Crippen LogP contribution < -0.4 is 5.32 Å². The molecule has 108 valence electrons. The first-order valence-electron chi connectivity index (χ1n) is 7.17. The molecule has 0 saturated heterocycles. The van der Waals surface area contributed by atoms with E-state index in [1.807, 2.05) is 0 Å². The molecule has 0 aliphatic heterocycles. The average Bonchev–Trinajstić information content (AvgIpc) is 2.86. The molecule has 1 N–H and O–H groups in total. The van der Waals surface area contributed by atoms with Crippen LogP contribution in [-0.2, 0) is 13.1 Å². The highest BCUT2D eigenvalue weighted by molar-refractivity contribution is 9.10. The lowest BCUT2D eigenvalue weighted by Crippen LogP contribution is -2.13. The van der Waals surface area contributed by atoms with E-state index in [-0.39, 0.29) is 0 Å². The zero-order valence-electron chi connectivity index (χ0n) is 12.0. The van der Waals surface area contributed by atoms with Crippen LogP contribution in [0.15, 0.2) is 53.0 Å². The van der Waals surface area contributed by atoms with E-state index >= 15 is 0 Å². The van der Waals surface area contributed by atoms with Gasteiger partial charge in [0.25, 0.3) is 0 Å². The summed E-state index contributed by atoms with van der Waals surface area (Å²) >= 11 is 3.47. The molecule has 3 rings (SSSR count). The molecule has 21 heavy (non-hydrogen) atoms. The van der Waals surface area contributed by atoms with E-state index in [4.69, 9.17) is 5.10 Å². The van der Waals surface area contributed by atoms with E-state index in [2.05, 4.69) is 81.4 Å². The van der Waals surface area contributed by atoms with E-state index in [0.717, 1.165) is 29.8 Å². The fourth-order valence-electron chi connectivity index (χ4n) is 2.45. The van der Waals surface area contributed by atoms with Crippen molar-refractivity contribution in [1.82, 2.24) is 15.1 Å². The van der Waals surface area contributed by atoms with Gasteiger partial charge >= 0.3 is 0 Å². The number of benzene rings is 2. The SMILES string of the molecule is CCNCc1nn(Cc2ccc(Br)cc2)c2ccccc12. The summed E-state index contributed by atoms with van der Waals surface area (Å²) in [7, 11) is 0. The number of rotatable bonds is 5. The number of nitrogens with zero attached hydrogens (tertiary/aromatic N) is 2. The Hall–Kier alpha value is -1.65. The molecule has 3 aromatic rings. The van der Waals surface area contributed by atoms with Gasteiger partial charge in [-0.25, -0.2) is 0 Å². The molecule has 0 saturated carbocycles. The maximum Gasteiger partial charge on any atom is 0.0841 e. The summed E-state index contributed by atoms with van der Waals surface area (Å²) in [6.07, 6.45) is 0. The smallest absolute Gasteiger partial charge is 0.0841 e. The maximum atomic E-state index is 4.79. The molecule has 0 aliphatic carbocycles. The molecule has 0 unspecified atom stereocenters. The molecular formula is C17H18BrN3. The van der Waals surface area contributed by atoms with Crippen molar-refractivity contribution < 1.29 is 0 Å². The second-order valence-electron chi connectivity index (χ2n) is 5.03. The Bertz CT molecular complexity index is 731. The third kappa shape index (κ3) is 3.17. The number of aromatic nitrogens is 2. The zero-order valence-corrected chi connectivity index (χ0v) is 13.6. The van der Waals surface area contributed by atoms with Gasteiger partial charge in [-0.15, -0.1) is 0 Å². The lowest BCUT2D eigenvalue weighted by atomic mass is 10.2. The number of halogens is 1. The van der Waals surface area contributed by atoms with Crippen molar-refractivity contribution in [2.45, 2.75) is 20.0 Å². The number of fused-ring (bicyclic) bond motifs is 1. The molecule has 0 radical (unpaired) electrons. The van der Waals surface area contributed by atoms with Gasteiger partial charge in [0.15, 0.2) is 0 Å². The third-order valence-corrected chi connectivity index (χ3v) is 4.05. The predicted molar refractivity (Wildman–Crippen MR) is 90.4 cm³/mol. The normalized spacial score (nSPS) is 11.1. The first-order valence-corrected chi connectivity index (χ1v) is 7.97. The highest BCUT2D eigenvalue weighted by atomic mass is 79.9. The highest BCUT2D eigenvalue weighted by Crippen LogP contribution is 2.20. The van der Waals surface area contributed by atoms with Gasteiger partial charge in [0.05, 0.1) is 17.8 Å². The number of hydrogen-bond acceptors (Lipinski definition) is 2. The Labute approximate surface area is 133 Å². The Kier molecular flexibility index (Phi) is 4.36. The van der Waals surface area contributed by atoms with Crippen molar-refractivity contribution in [1.29, 1.82) is 0 Å². The molecule has 0 bridgehead atoms. The molecule has 0 amide bonds. The molecule has 1 aromatic heterocycles. The third-order valence-electron chi connectivity index (χ3n) is 3.52. The van der Waals surface area contributed by atoms with Crippen molar-refractivity contribution in [3.05, 3.63) is 64.3 Å². The molecule has 1 heterocycles. The van der Waals surface area contributed by atoms with Crippen LogP contribution in [0, 0.1) is 0 Å². The van der Waals surface area contributed by atoms with Gasteiger partial charge in [0, 0.05) is 16.4 Å². The van der Waals surface area contributed by atoms with Gasteiger partial charge in [-0.05, 0) is 30.3 Å². The van der Waals surface area contributed by atoms with Crippen LogP contribution in [0.2, 0.25) is 0 Å². The summed E-state index contributed by atoms with van der Waals surface area (Å²) in [4.78, 5) is 0. The standard InChI is InChI=1S/C17H18BrN3/c1-2-19-11-16-15-5-3-4-6-17(15)21(20-16)12-13-7-9-14(18)10-8-13/h3-10,19H,2,11-12H2,1H3. The lowest BCUT2D eigenvalue weighted by molar-refractivity contribution is 0.657.